The molecule has 0 aliphatic heterocycles. The fourth-order valence-corrected chi connectivity index (χ4v) is 1.16. The molecule has 15 heavy (non-hydrogen) atoms. The van der Waals surface area contributed by atoms with Crippen molar-refractivity contribution in [3.05, 3.63) is 30.4 Å². The van der Waals surface area contributed by atoms with Crippen molar-refractivity contribution in [2.45, 2.75) is 5.88 Å². The summed E-state index contributed by atoms with van der Waals surface area (Å²) in [6.07, 6.45) is 6.59. The smallest absolute Gasteiger partial charge is 0.321 e. The van der Waals surface area contributed by atoms with E-state index in [1.807, 2.05) is 7.05 Å². The van der Waals surface area contributed by atoms with Crippen LogP contribution in [0.1, 0.15) is 5.56 Å². The first-order chi connectivity index (χ1) is 7.28. The van der Waals surface area contributed by atoms with E-state index in [1.165, 1.54) is 0 Å². The maximum Gasteiger partial charge on any atom is 0.321 e. The van der Waals surface area contributed by atoms with Crippen LogP contribution in [0, 0.1) is 0 Å². The molecule has 0 spiro atoms. The topological polar surface area (TPSA) is 52.8 Å². The molecule has 0 unspecified atom stereocenters. The maximum absolute atomic E-state index is 5.61. The van der Waals surface area contributed by atoms with Crippen molar-refractivity contribution < 1.29 is 4.74 Å². The highest BCUT2D eigenvalue weighted by Gasteiger charge is 2.02. The monoisotopic (exact) mass is 224 g/mol. The van der Waals surface area contributed by atoms with Gasteiger partial charge in [0.2, 0.25) is 0 Å². The number of aryl methyl sites for hydroxylation is 1. The van der Waals surface area contributed by atoms with Gasteiger partial charge in [0.05, 0.1) is 18.3 Å². The zero-order valence-electron chi connectivity index (χ0n) is 8.09. The van der Waals surface area contributed by atoms with Gasteiger partial charge < -0.3 is 4.74 Å². The minimum absolute atomic E-state index is 0.289. The Hall–Kier alpha value is -1.62. The SMILES string of the molecule is Cn1cc(Oc2ncc(CCl)cn2)cn1. The molecule has 2 aromatic rings. The van der Waals surface area contributed by atoms with Crippen molar-refractivity contribution >= 4 is 11.6 Å². The van der Waals surface area contributed by atoms with Gasteiger partial charge in [0.25, 0.3) is 0 Å². The number of hydrogen-bond acceptors (Lipinski definition) is 4. The van der Waals surface area contributed by atoms with Crippen LogP contribution in [0.15, 0.2) is 24.8 Å². The van der Waals surface area contributed by atoms with E-state index in [2.05, 4.69) is 15.1 Å². The van der Waals surface area contributed by atoms with E-state index in [1.54, 1.807) is 29.5 Å². The van der Waals surface area contributed by atoms with Gasteiger partial charge in [-0.25, -0.2) is 9.97 Å². The predicted molar refractivity (Wildman–Crippen MR) is 54.9 cm³/mol. The first kappa shape index (κ1) is 9.92. The zero-order valence-corrected chi connectivity index (χ0v) is 8.85. The van der Waals surface area contributed by atoms with E-state index in [0.717, 1.165) is 5.56 Å². The lowest BCUT2D eigenvalue weighted by Gasteiger charge is -1.99. The van der Waals surface area contributed by atoms with Crippen LogP contribution >= 0.6 is 11.6 Å². The second kappa shape index (κ2) is 4.27. The Balaban J connectivity index is 2.11. The summed E-state index contributed by atoms with van der Waals surface area (Å²) >= 11 is 5.61. The van der Waals surface area contributed by atoms with Gasteiger partial charge >= 0.3 is 6.01 Å². The molecule has 0 radical (unpaired) electrons. The normalized spacial score (nSPS) is 10.3. The van der Waals surface area contributed by atoms with Crippen molar-refractivity contribution in [2.75, 3.05) is 0 Å². The van der Waals surface area contributed by atoms with E-state index < -0.39 is 0 Å². The second-order valence-electron chi connectivity index (χ2n) is 2.96. The lowest BCUT2D eigenvalue weighted by Crippen LogP contribution is -1.92. The lowest BCUT2D eigenvalue weighted by molar-refractivity contribution is 0.440. The van der Waals surface area contributed by atoms with Crippen molar-refractivity contribution in [3.8, 4) is 11.8 Å². The molecule has 0 amide bonds. The molecule has 2 aromatic heterocycles. The van der Waals surface area contributed by atoms with E-state index in [4.69, 9.17) is 16.3 Å². The summed E-state index contributed by atoms with van der Waals surface area (Å²) in [6.45, 7) is 0. The highest BCUT2D eigenvalue weighted by Crippen LogP contribution is 2.15. The molecule has 2 heterocycles. The van der Waals surface area contributed by atoms with Gasteiger partial charge in [0, 0.05) is 25.0 Å². The Bertz CT molecular complexity index is 440. The summed E-state index contributed by atoms with van der Waals surface area (Å²) < 4.78 is 6.99. The first-order valence-electron chi connectivity index (χ1n) is 4.31. The molecule has 0 atom stereocenters. The van der Waals surface area contributed by atoms with Crippen LogP contribution < -0.4 is 4.74 Å². The van der Waals surface area contributed by atoms with Crippen LogP contribution in [0.3, 0.4) is 0 Å². The Morgan fingerprint density at radius 2 is 2.07 bits per heavy atom. The number of nitrogens with zero attached hydrogens (tertiary/aromatic N) is 4. The van der Waals surface area contributed by atoms with E-state index in [0.29, 0.717) is 11.6 Å². The Kier molecular flexibility index (Phi) is 2.82. The molecule has 0 aromatic carbocycles. The number of hydrogen-bond donors (Lipinski definition) is 0. The average molecular weight is 225 g/mol. The number of rotatable bonds is 3. The highest BCUT2D eigenvalue weighted by molar-refractivity contribution is 6.17. The number of alkyl halides is 1. The molecule has 78 valence electrons. The molecular weight excluding hydrogens is 216 g/mol. The standard InChI is InChI=1S/C9H9ClN4O/c1-14-6-8(5-13-14)15-9-11-3-7(2-10)4-12-9/h3-6H,2H2,1H3. The quantitative estimate of drug-likeness (QED) is 0.746. The van der Waals surface area contributed by atoms with Gasteiger partial charge in [-0.15, -0.1) is 11.6 Å². The molecule has 0 bridgehead atoms. The molecule has 0 aliphatic carbocycles. The van der Waals surface area contributed by atoms with E-state index in [-0.39, 0.29) is 6.01 Å². The number of halogens is 1. The van der Waals surface area contributed by atoms with Crippen LogP contribution in [0.5, 0.6) is 11.8 Å². The molecule has 0 saturated carbocycles. The van der Waals surface area contributed by atoms with Crippen LogP contribution in [0.4, 0.5) is 0 Å². The summed E-state index contributed by atoms with van der Waals surface area (Å²) in [5.74, 6) is 1.00. The largest absolute Gasteiger partial charge is 0.421 e. The van der Waals surface area contributed by atoms with Gasteiger partial charge in [0.15, 0.2) is 5.75 Å². The summed E-state index contributed by atoms with van der Waals surface area (Å²) in [4.78, 5) is 8.00. The lowest BCUT2D eigenvalue weighted by atomic mass is 10.4. The van der Waals surface area contributed by atoms with Crippen molar-refractivity contribution in [1.82, 2.24) is 19.7 Å². The van der Waals surface area contributed by atoms with Gasteiger partial charge in [-0.3, -0.25) is 4.68 Å². The predicted octanol–water partition coefficient (Wildman–Crippen LogP) is 1.74. The van der Waals surface area contributed by atoms with Crippen LogP contribution in [0.25, 0.3) is 0 Å². The highest BCUT2D eigenvalue weighted by atomic mass is 35.5. The number of aromatic nitrogens is 4. The first-order valence-corrected chi connectivity index (χ1v) is 4.85. The third-order valence-corrected chi connectivity index (χ3v) is 2.03. The van der Waals surface area contributed by atoms with Crippen LogP contribution in [-0.4, -0.2) is 19.7 Å². The third kappa shape index (κ3) is 2.44. The molecule has 0 saturated heterocycles. The Labute approximate surface area is 91.7 Å². The fourth-order valence-electron chi connectivity index (χ4n) is 1.02. The third-order valence-electron chi connectivity index (χ3n) is 1.73. The molecule has 0 N–H and O–H groups in total. The van der Waals surface area contributed by atoms with Gasteiger partial charge in [-0.1, -0.05) is 0 Å². The number of ether oxygens (including phenoxy) is 1. The van der Waals surface area contributed by atoms with E-state index >= 15 is 0 Å². The average Bonchev–Trinajstić information content (AvgIpc) is 2.65. The van der Waals surface area contributed by atoms with Crippen molar-refractivity contribution in [2.24, 2.45) is 7.05 Å². The molecule has 0 fully saturated rings. The van der Waals surface area contributed by atoms with Gasteiger partial charge in [-0.2, -0.15) is 5.10 Å². The van der Waals surface area contributed by atoms with E-state index in [9.17, 15) is 0 Å². The minimum Gasteiger partial charge on any atom is -0.421 e. The summed E-state index contributed by atoms with van der Waals surface area (Å²) in [6, 6.07) is 0.289. The molecule has 5 nitrogen and oxygen atoms in total. The fraction of sp³-hybridized carbons (Fsp3) is 0.222. The summed E-state index contributed by atoms with van der Waals surface area (Å²) in [7, 11) is 1.81. The summed E-state index contributed by atoms with van der Waals surface area (Å²) in [5, 5.41) is 3.96. The Morgan fingerprint density at radius 3 is 2.60 bits per heavy atom. The Morgan fingerprint density at radius 1 is 1.33 bits per heavy atom. The minimum atomic E-state index is 0.289. The molecule has 6 heteroatoms. The van der Waals surface area contributed by atoms with Gasteiger partial charge in [-0.05, 0) is 0 Å². The molecule has 0 aliphatic rings. The van der Waals surface area contributed by atoms with Crippen molar-refractivity contribution in [1.29, 1.82) is 0 Å². The molecule has 2 rings (SSSR count). The maximum atomic E-state index is 5.61. The zero-order chi connectivity index (χ0) is 10.7. The van der Waals surface area contributed by atoms with Crippen LogP contribution in [0.2, 0.25) is 0 Å². The van der Waals surface area contributed by atoms with Crippen LogP contribution in [-0.2, 0) is 12.9 Å². The molecular formula is C9H9ClN4O. The second-order valence-corrected chi connectivity index (χ2v) is 3.23. The summed E-state index contributed by atoms with van der Waals surface area (Å²) in [5.41, 5.74) is 0.857. The van der Waals surface area contributed by atoms with Gasteiger partial charge in [0.1, 0.15) is 0 Å². The van der Waals surface area contributed by atoms with Crippen molar-refractivity contribution in [3.63, 3.8) is 0 Å².